The predicted molar refractivity (Wildman–Crippen MR) is 109 cm³/mol. The molecule has 1 amide bonds. The average Bonchev–Trinajstić information content (AvgIpc) is 2.96. The SMILES string of the molecule is Cc1nn(C)c(C)c1CCC(=O)NCCCN1CCN(c2ncccn2)CC1. The number of aryl methyl sites for hydroxylation is 2. The number of carbonyl (C=O) groups is 1. The summed E-state index contributed by atoms with van der Waals surface area (Å²) in [5, 5.41) is 7.46. The minimum atomic E-state index is 0.119. The molecule has 1 fully saturated rings. The van der Waals surface area contributed by atoms with Crippen LogP contribution in [0, 0.1) is 13.8 Å². The molecule has 0 atom stereocenters. The summed E-state index contributed by atoms with van der Waals surface area (Å²) in [4.78, 5) is 25.4. The number of anilines is 1. The highest BCUT2D eigenvalue weighted by Crippen LogP contribution is 2.14. The quantitative estimate of drug-likeness (QED) is 0.686. The molecule has 1 aliphatic heterocycles. The van der Waals surface area contributed by atoms with E-state index >= 15 is 0 Å². The number of hydrogen-bond acceptors (Lipinski definition) is 6. The van der Waals surface area contributed by atoms with Crippen LogP contribution in [-0.4, -0.2) is 69.8 Å². The second kappa shape index (κ2) is 9.64. The van der Waals surface area contributed by atoms with Crippen LogP contribution in [0.5, 0.6) is 0 Å². The van der Waals surface area contributed by atoms with E-state index in [4.69, 9.17) is 0 Å². The third-order valence-corrected chi connectivity index (χ3v) is 5.44. The van der Waals surface area contributed by atoms with Gasteiger partial charge in [0.25, 0.3) is 0 Å². The Bertz CT molecular complexity index is 766. The number of nitrogens with zero attached hydrogens (tertiary/aromatic N) is 6. The van der Waals surface area contributed by atoms with Crippen molar-refractivity contribution in [2.75, 3.05) is 44.2 Å². The maximum atomic E-state index is 12.1. The summed E-state index contributed by atoms with van der Waals surface area (Å²) < 4.78 is 1.88. The lowest BCUT2D eigenvalue weighted by molar-refractivity contribution is -0.121. The van der Waals surface area contributed by atoms with Crippen LogP contribution in [0.15, 0.2) is 18.5 Å². The topological polar surface area (TPSA) is 79.2 Å². The maximum Gasteiger partial charge on any atom is 0.225 e. The summed E-state index contributed by atoms with van der Waals surface area (Å²) in [6, 6.07) is 1.84. The van der Waals surface area contributed by atoms with Gasteiger partial charge in [-0.25, -0.2) is 9.97 Å². The highest BCUT2D eigenvalue weighted by atomic mass is 16.1. The Labute approximate surface area is 167 Å². The van der Waals surface area contributed by atoms with Crippen molar-refractivity contribution in [3.63, 3.8) is 0 Å². The number of carbonyl (C=O) groups excluding carboxylic acids is 1. The summed E-state index contributed by atoms with van der Waals surface area (Å²) in [5.74, 6) is 0.933. The van der Waals surface area contributed by atoms with Crippen LogP contribution >= 0.6 is 0 Å². The van der Waals surface area contributed by atoms with Crippen LogP contribution < -0.4 is 10.2 Å². The Hall–Kier alpha value is -2.48. The Kier molecular flexibility index (Phi) is 6.97. The molecule has 0 aromatic carbocycles. The first-order chi connectivity index (χ1) is 13.5. The van der Waals surface area contributed by atoms with Crippen molar-refractivity contribution in [3.05, 3.63) is 35.4 Å². The number of nitrogens with one attached hydrogen (secondary N) is 1. The van der Waals surface area contributed by atoms with Crippen molar-refractivity contribution in [2.24, 2.45) is 7.05 Å². The zero-order valence-corrected chi connectivity index (χ0v) is 17.2. The van der Waals surface area contributed by atoms with Gasteiger partial charge >= 0.3 is 0 Å². The highest BCUT2D eigenvalue weighted by molar-refractivity contribution is 5.76. The summed E-state index contributed by atoms with van der Waals surface area (Å²) in [7, 11) is 1.94. The molecule has 8 nitrogen and oxygen atoms in total. The number of hydrogen-bond donors (Lipinski definition) is 1. The van der Waals surface area contributed by atoms with Gasteiger partial charge in [0.05, 0.1) is 5.69 Å². The predicted octanol–water partition coefficient (Wildman–Crippen LogP) is 1.09. The van der Waals surface area contributed by atoms with E-state index < -0.39 is 0 Å². The molecule has 3 rings (SSSR count). The molecule has 28 heavy (non-hydrogen) atoms. The van der Waals surface area contributed by atoms with E-state index in [1.165, 1.54) is 5.56 Å². The van der Waals surface area contributed by atoms with E-state index in [9.17, 15) is 4.79 Å². The van der Waals surface area contributed by atoms with Gasteiger partial charge in [0, 0.05) is 64.3 Å². The molecule has 0 bridgehead atoms. The molecule has 0 aliphatic carbocycles. The molecule has 0 saturated carbocycles. The van der Waals surface area contributed by atoms with Crippen LogP contribution in [-0.2, 0) is 18.3 Å². The van der Waals surface area contributed by atoms with E-state index in [1.54, 1.807) is 12.4 Å². The minimum absolute atomic E-state index is 0.119. The molecular weight excluding hydrogens is 354 g/mol. The van der Waals surface area contributed by atoms with Gasteiger partial charge in [-0.3, -0.25) is 14.4 Å². The third kappa shape index (κ3) is 5.28. The van der Waals surface area contributed by atoms with Crippen LogP contribution in [0.1, 0.15) is 29.8 Å². The van der Waals surface area contributed by atoms with E-state index in [-0.39, 0.29) is 5.91 Å². The van der Waals surface area contributed by atoms with Crippen molar-refractivity contribution in [3.8, 4) is 0 Å². The lowest BCUT2D eigenvalue weighted by Crippen LogP contribution is -2.47. The minimum Gasteiger partial charge on any atom is -0.356 e. The largest absolute Gasteiger partial charge is 0.356 e. The summed E-state index contributed by atoms with van der Waals surface area (Å²) in [5.41, 5.74) is 3.36. The average molecular weight is 386 g/mol. The fourth-order valence-electron chi connectivity index (χ4n) is 3.66. The van der Waals surface area contributed by atoms with Gasteiger partial charge in [-0.15, -0.1) is 0 Å². The lowest BCUT2D eigenvalue weighted by Gasteiger charge is -2.34. The fraction of sp³-hybridized carbons (Fsp3) is 0.600. The number of aromatic nitrogens is 4. The zero-order valence-electron chi connectivity index (χ0n) is 17.2. The van der Waals surface area contributed by atoms with Gasteiger partial charge in [-0.2, -0.15) is 5.10 Å². The highest BCUT2D eigenvalue weighted by Gasteiger charge is 2.18. The first kappa shape index (κ1) is 20.3. The molecule has 8 heteroatoms. The zero-order chi connectivity index (χ0) is 19.9. The first-order valence-corrected chi connectivity index (χ1v) is 10.0. The van der Waals surface area contributed by atoms with E-state index in [1.807, 2.05) is 24.7 Å². The van der Waals surface area contributed by atoms with Crippen molar-refractivity contribution >= 4 is 11.9 Å². The molecule has 0 radical (unpaired) electrons. The molecule has 1 aliphatic rings. The molecule has 1 N–H and O–H groups in total. The molecule has 3 heterocycles. The van der Waals surface area contributed by atoms with E-state index in [0.717, 1.165) is 69.4 Å². The second-order valence-electron chi connectivity index (χ2n) is 7.35. The Balaban J connectivity index is 1.29. The molecule has 2 aromatic rings. The number of amides is 1. The molecule has 2 aromatic heterocycles. The van der Waals surface area contributed by atoms with Gasteiger partial charge in [0.15, 0.2) is 0 Å². The van der Waals surface area contributed by atoms with Gasteiger partial charge < -0.3 is 10.2 Å². The van der Waals surface area contributed by atoms with Gasteiger partial charge in [-0.05, 0) is 44.9 Å². The molecule has 0 spiro atoms. The monoisotopic (exact) mass is 385 g/mol. The van der Waals surface area contributed by atoms with Gasteiger partial charge in [0.2, 0.25) is 11.9 Å². The molecule has 1 saturated heterocycles. The number of piperazine rings is 1. The van der Waals surface area contributed by atoms with Gasteiger partial charge in [-0.1, -0.05) is 0 Å². The van der Waals surface area contributed by atoms with Crippen molar-refractivity contribution in [1.29, 1.82) is 0 Å². The maximum absolute atomic E-state index is 12.1. The molecule has 0 unspecified atom stereocenters. The van der Waals surface area contributed by atoms with Crippen LogP contribution in [0.4, 0.5) is 5.95 Å². The Morgan fingerprint density at radius 2 is 1.86 bits per heavy atom. The molecular formula is C20H31N7O. The van der Waals surface area contributed by atoms with Crippen LogP contribution in [0.25, 0.3) is 0 Å². The Morgan fingerprint density at radius 3 is 2.50 bits per heavy atom. The Morgan fingerprint density at radius 1 is 1.14 bits per heavy atom. The van der Waals surface area contributed by atoms with E-state index in [0.29, 0.717) is 6.42 Å². The second-order valence-corrected chi connectivity index (χ2v) is 7.35. The molecule has 152 valence electrons. The van der Waals surface area contributed by atoms with Crippen LogP contribution in [0.3, 0.4) is 0 Å². The normalized spacial score (nSPS) is 15.0. The standard InChI is InChI=1S/C20H31N7O/c1-16-18(17(2)25(3)24-16)6-7-19(28)21-10-5-11-26-12-14-27(15-13-26)20-22-8-4-9-23-20/h4,8-9H,5-7,10-15H2,1-3H3,(H,21,28). The van der Waals surface area contributed by atoms with Crippen molar-refractivity contribution in [1.82, 2.24) is 30.0 Å². The van der Waals surface area contributed by atoms with Gasteiger partial charge in [0.1, 0.15) is 0 Å². The summed E-state index contributed by atoms with van der Waals surface area (Å²) >= 11 is 0. The fourth-order valence-corrected chi connectivity index (χ4v) is 3.66. The van der Waals surface area contributed by atoms with Crippen LogP contribution in [0.2, 0.25) is 0 Å². The summed E-state index contributed by atoms with van der Waals surface area (Å²) in [6.45, 7) is 9.69. The lowest BCUT2D eigenvalue weighted by atomic mass is 10.1. The van der Waals surface area contributed by atoms with Crippen molar-refractivity contribution < 1.29 is 4.79 Å². The number of rotatable bonds is 8. The third-order valence-electron chi connectivity index (χ3n) is 5.44. The van der Waals surface area contributed by atoms with E-state index in [2.05, 4.69) is 37.1 Å². The summed E-state index contributed by atoms with van der Waals surface area (Å²) in [6.07, 6.45) is 5.81. The van der Waals surface area contributed by atoms with Crippen molar-refractivity contribution in [2.45, 2.75) is 33.1 Å². The first-order valence-electron chi connectivity index (χ1n) is 10.0. The smallest absolute Gasteiger partial charge is 0.225 e.